The Morgan fingerprint density at radius 3 is 1.15 bits per heavy atom. The van der Waals surface area contributed by atoms with Crippen LogP contribution in [0.3, 0.4) is 0 Å². The minimum Gasteiger partial charge on any atom is -0.308 e. The van der Waals surface area contributed by atoms with Crippen LogP contribution in [0.1, 0.15) is 0 Å². The van der Waals surface area contributed by atoms with Gasteiger partial charge in [-0.15, -0.1) is 0 Å². The van der Waals surface area contributed by atoms with E-state index in [4.69, 9.17) is 0 Å². The molecule has 0 unspecified atom stereocenters. The Kier molecular flexibility index (Phi) is 9.61. The van der Waals surface area contributed by atoms with Gasteiger partial charge in [-0.3, -0.25) is 0 Å². The van der Waals surface area contributed by atoms with Gasteiger partial charge in [-0.1, -0.05) is 237 Å². The lowest BCUT2D eigenvalue weighted by atomic mass is 9.92. The van der Waals surface area contributed by atoms with E-state index in [0.29, 0.717) is 0 Å². The second-order valence-corrected chi connectivity index (χ2v) is 19.8. The summed E-state index contributed by atoms with van der Waals surface area (Å²) >= 11 is 0. The molecule has 0 aliphatic rings. The van der Waals surface area contributed by atoms with Crippen molar-refractivity contribution >= 4 is 50.6 Å². The molecule has 292 valence electrons. The number of benzene rings is 10. The molecule has 0 amide bonds. The van der Waals surface area contributed by atoms with Crippen LogP contribution in [0, 0.1) is 0 Å². The topological polar surface area (TPSA) is 4.93 Å². The summed E-state index contributed by atoms with van der Waals surface area (Å²) in [6, 6.07) is 96.4. The van der Waals surface area contributed by atoms with Gasteiger partial charge < -0.3 is 4.57 Å². The SMILES string of the molecule is c1ccc(-c2cccc(-c3cccc(-c4cccc(-c5ccccc5)c4)c3-n3c4ccccc4c4c([Si](c5ccccc5)(c5ccccc5)c5ccccc5)cccc43)c2)cc1. The van der Waals surface area contributed by atoms with Crippen LogP contribution >= 0.6 is 0 Å². The standard InChI is InChI=1S/C60H43NSi/c1-6-22-44(23-7-1)46-26-18-28-48(42-46)53-37-20-38-54(49-29-19-27-47(43-49)45-24-8-2-9-25-45)60(53)61-56-39-17-16-36-55(56)59-57(61)40-21-41-58(59)62(50-30-10-3-11-31-50,51-32-12-4-13-33-51)52-34-14-5-15-35-52/h1-43H. The maximum atomic E-state index is 2.57. The smallest absolute Gasteiger partial charge is 0.180 e. The van der Waals surface area contributed by atoms with E-state index in [2.05, 4.69) is 265 Å². The monoisotopic (exact) mass is 805 g/mol. The van der Waals surface area contributed by atoms with Crippen LogP contribution in [-0.2, 0) is 0 Å². The molecule has 0 saturated heterocycles. The second-order valence-electron chi connectivity index (χ2n) is 16.0. The molecular weight excluding hydrogens is 763 g/mol. The number of hydrogen-bond donors (Lipinski definition) is 0. The van der Waals surface area contributed by atoms with Gasteiger partial charge in [0.1, 0.15) is 0 Å². The summed E-state index contributed by atoms with van der Waals surface area (Å²) in [5.74, 6) is 0. The molecule has 10 aromatic carbocycles. The lowest BCUT2D eigenvalue weighted by Crippen LogP contribution is -2.74. The average Bonchev–Trinajstić information content (AvgIpc) is 3.70. The predicted octanol–water partition coefficient (Wildman–Crippen LogP) is 12.8. The van der Waals surface area contributed by atoms with Crippen molar-refractivity contribution in [3.05, 3.63) is 261 Å². The average molecular weight is 806 g/mol. The van der Waals surface area contributed by atoms with Crippen molar-refractivity contribution in [3.8, 4) is 50.2 Å². The predicted molar refractivity (Wildman–Crippen MR) is 266 cm³/mol. The third-order valence-electron chi connectivity index (χ3n) is 12.5. The van der Waals surface area contributed by atoms with Gasteiger partial charge in [-0.05, 0) is 78.4 Å². The highest BCUT2D eigenvalue weighted by atomic mass is 28.3. The second kappa shape index (κ2) is 16.0. The summed E-state index contributed by atoms with van der Waals surface area (Å²) in [5.41, 5.74) is 13.0. The quantitative estimate of drug-likeness (QED) is 0.101. The van der Waals surface area contributed by atoms with Gasteiger partial charge in [0.15, 0.2) is 8.07 Å². The third-order valence-corrected chi connectivity index (χ3v) is 17.4. The van der Waals surface area contributed by atoms with E-state index in [1.807, 2.05) is 0 Å². The number of nitrogens with zero attached hydrogens (tertiary/aromatic N) is 1. The zero-order valence-electron chi connectivity index (χ0n) is 34.3. The van der Waals surface area contributed by atoms with Gasteiger partial charge >= 0.3 is 0 Å². The summed E-state index contributed by atoms with van der Waals surface area (Å²) in [6.45, 7) is 0. The highest BCUT2D eigenvalue weighted by Crippen LogP contribution is 2.42. The molecule has 11 rings (SSSR count). The van der Waals surface area contributed by atoms with Crippen molar-refractivity contribution < 1.29 is 0 Å². The summed E-state index contributed by atoms with van der Waals surface area (Å²) in [6.07, 6.45) is 0. The Balaban J connectivity index is 1.27. The minimum atomic E-state index is -2.93. The highest BCUT2D eigenvalue weighted by Gasteiger charge is 2.43. The molecule has 0 atom stereocenters. The molecular formula is C60H43NSi. The van der Waals surface area contributed by atoms with E-state index in [0.717, 1.165) is 5.69 Å². The molecule has 11 aromatic rings. The van der Waals surface area contributed by atoms with Gasteiger partial charge in [0.2, 0.25) is 0 Å². The normalized spacial score (nSPS) is 11.5. The Morgan fingerprint density at radius 1 is 0.274 bits per heavy atom. The fraction of sp³-hybridized carbons (Fsp3) is 0. The number of hydrogen-bond acceptors (Lipinski definition) is 0. The molecule has 62 heavy (non-hydrogen) atoms. The molecule has 2 heteroatoms. The van der Waals surface area contributed by atoms with E-state index < -0.39 is 8.07 Å². The highest BCUT2D eigenvalue weighted by molar-refractivity contribution is 7.20. The summed E-state index contributed by atoms with van der Waals surface area (Å²) in [5, 5.41) is 8.00. The summed E-state index contributed by atoms with van der Waals surface area (Å²) in [4.78, 5) is 0. The fourth-order valence-electron chi connectivity index (χ4n) is 9.85. The van der Waals surface area contributed by atoms with E-state index in [1.165, 1.54) is 87.1 Å². The van der Waals surface area contributed by atoms with Crippen LogP contribution in [0.4, 0.5) is 0 Å². The molecule has 0 saturated carbocycles. The number of fused-ring (bicyclic) bond motifs is 3. The number of para-hydroxylation sites is 2. The van der Waals surface area contributed by atoms with Gasteiger partial charge in [-0.25, -0.2) is 0 Å². The van der Waals surface area contributed by atoms with Crippen molar-refractivity contribution in [3.63, 3.8) is 0 Å². The third kappa shape index (κ3) is 6.32. The molecule has 1 heterocycles. The van der Waals surface area contributed by atoms with E-state index >= 15 is 0 Å². The maximum Gasteiger partial charge on any atom is 0.180 e. The summed E-state index contributed by atoms with van der Waals surface area (Å²) < 4.78 is 2.57. The molecule has 0 radical (unpaired) electrons. The van der Waals surface area contributed by atoms with Crippen LogP contribution in [-0.4, -0.2) is 12.6 Å². The zero-order valence-corrected chi connectivity index (χ0v) is 35.3. The van der Waals surface area contributed by atoms with Gasteiger partial charge in [-0.2, -0.15) is 0 Å². The van der Waals surface area contributed by atoms with Crippen LogP contribution in [0.2, 0.25) is 0 Å². The molecule has 0 bridgehead atoms. The van der Waals surface area contributed by atoms with Crippen molar-refractivity contribution in [2.75, 3.05) is 0 Å². The number of aromatic nitrogens is 1. The first-order valence-corrected chi connectivity index (χ1v) is 23.4. The Hall–Kier alpha value is -7.78. The lowest BCUT2D eigenvalue weighted by Gasteiger charge is -2.35. The van der Waals surface area contributed by atoms with E-state index in [9.17, 15) is 0 Å². The van der Waals surface area contributed by atoms with Crippen LogP contribution in [0.15, 0.2) is 261 Å². The molecule has 1 nitrogen and oxygen atoms in total. The number of rotatable bonds is 9. The fourth-order valence-corrected chi connectivity index (χ4v) is 14.8. The first kappa shape index (κ1) is 37.2. The van der Waals surface area contributed by atoms with Crippen molar-refractivity contribution in [2.45, 2.75) is 0 Å². The Bertz CT molecular complexity index is 3120. The first-order chi connectivity index (χ1) is 30.8. The Morgan fingerprint density at radius 2 is 0.645 bits per heavy atom. The van der Waals surface area contributed by atoms with Crippen LogP contribution in [0.25, 0.3) is 72.0 Å². The molecule has 0 N–H and O–H groups in total. The maximum absolute atomic E-state index is 2.93. The van der Waals surface area contributed by atoms with Crippen molar-refractivity contribution in [1.29, 1.82) is 0 Å². The molecule has 0 aliphatic carbocycles. The molecule has 0 aliphatic heterocycles. The zero-order chi connectivity index (χ0) is 41.3. The van der Waals surface area contributed by atoms with E-state index in [1.54, 1.807) is 0 Å². The van der Waals surface area contributed by atoms with Crippen LogP contribution < -0.4 is 20.7 Å². The lowest BCUT2D eigenvalue weighted by molar-refractivity contribution is 1.18. The largest absolute Gasteiger partial charge is 0.308 e. The molecule has 1 aromatic heterocycles. The molecule has 0 fully saturated rings. The Labute approximate surface area is 364 Å². The molecule has 0 spiro atoms. The van der Waals surface area contributed by atoms with Gasteiger partial charge in [0.05, 0.1) is 16.7 Å². The van der Waals surface area contributed by atoms with Crippen molar-refractivity contribution in [2.24, 2.45) is 0 Å². The van der Waals surface area contributed by atoms with E-state index in [-0.39, 0.29) is 0 Å². The van der Waals surface area contributed by atoms with Crippen molar-refractivity contribution in [1.82, 2.24) is 4.57 Å². The first-order valence-electron chi connectivity index (χ1n) is 21.4. The minimum absolute atomic E-state index is 1.16. The van der Waals surface area contributed by atoms with Gasteiger partial charge in [0, 0.05) is 21.9 Å². The van der Waals surface area contributed by atoms with Gasteiger partial charge in [0.25, 0.3) is 0 Å². The van der Waals surface area contributed by atoms with Crippen LogP contribution in [0.5, 0.6) is 0 Å². The summed E-state index contributed by atoms with van der Waals surface area (Å²) in [7, 11) is -2.93.